The minimum atomic E-state index is -0.401. The molecule has 1 aliphatic heterocycles. The van der Waals surface area contributed by atoms with Crippen LogP contribution in [0.1, 0.15) is 29.8 Å². The van der Waals surface area contributed by atoms with Crippen LogP contribution in [0, 0.1) is 0 Å². The molecule has 1 fully saturated rings. The lowest BCUT2D eigenvalue weighted by atomic mass is 10.2. The molecule has 1 heterocycles. The number of carbonyl (C=O) groups excluding carboxylic acids is 3. The van der Waals surface area contributed by atoms with Crippen LogP contribution in [0.25, 0.3) is 6.08 Å². The van der Waals surface area contributed by atoms with Crippen LogP contribution < -0.4 is 19.5 Å². The summed E-state index contributed by atoms with van der Waals surface area (Å²) in [5, 5.41) is 2.36. The molecule has 3 rings (SSSR count). The van der Waals surface area contributed by atoms with E-state index in [-0.39, 0.29) is 24.2 Å². The van der Waals surface area contributed by atoms with Crippen LogP contribution >= 0.6 is 11.8 Å². The van der Waals surface area contributed by atoms with Gasteiger partial charge in [0.15, 0.2) is 11.5 Å². The van der Waals surface area contributed by atoms with E-state index in [2.05, 4.69) is 5.32 Å². The van der Waals surface area contributed by atoms with Crippen molar-refractivity contribution in [2.75, 3.05) is 33.4 Å². The van der Waals surface area contributed by atoms with Gasteiger partial charge in [0.25, 0.3) is 17.1 Å². The number of nitrogens with one attached hydrogen (secondary N) is 1. The number of methoxy groups -OCH3 is 1. The normalized spacial score (nSPS) is 14.5. The molecule has 0 aliphatic carbocycles. The zero-order chi connectivity index (χ0) is 23.8. The SMILES string of the molecule is CCOc1ccc(/C=C2\SC(=O)N(CCNC(=O)c3ccccc3OCC)C2=O)cc1OC. The highest BCUT2D eigenvalue weighted by atomic mass is 32.2. The van der Waals surface area contributed by atoms with Gasteiger partial charge in [-0.3, -0.25) is 19.3 Å². The molecule has 174 valence electrons. The molecule has 1 N–H and O–H groups in total. The lowest BCUT2D eigenvalue weighted by Gasteiger charge is -2.14. The number of benzene rings is 2. The Balaban J connectivity index is 1.63. The minimum absolute atomic E-state index is 0.0666. The maximum absolute atomic E-state index is 12.8. The fourth-order valence-electron chi connectivity index (χ4n) is 3.20. The number of amides is 3. The van der Waals surface area contributed by atoms with E-state index in [1.165, 1.54) is 7.11 Å². The van der Waals surface area contributed by atoms with Crippen molar-refractivity contribution in [2.45, 2.75) is 13.8 Å². The Morgan fingerprint density at radius 1 is 1.03 bits per heavy atom. The molecular weight excluding hydrogens is 444 g/mol. The molecule has 8 nitrogen and oxygen atoms in total. The third kappa shape index (κ3) is 5.87. The van der Waals surface area contributed by atoms with Crippen molar-refractivity contribution in [3.8, 4) is 17.2 Å². The summed E-state index contributed by atoms with van der Waals surface area (Å²) in [4.78, 5) is 39.1. The van der Waals surface area contributed by atoms with Crippen molar-refractivity contribution in [1.29, 1.82) is 0 Å². The smallest absolute Gasteiger partial charge is 0.293 e. The van der Waals surface area contributed by atoms with Crippen molar-refractivity contribution < 1.29 is 28.6 Å². The summed E-state index contributed by atoms with van der Waals surface area (Å²) in [6, 6.07) is 12.2. The summed E-state index contributed by atoms with van der Waals surface area (Å²) >= 11 is 0.863. The maximum Gasteiger partial charge on any atom is 0.293 e. The van der Waals surface area contributed by atoms with Crippen molar-refractivity contribution in [3.05, 3.63) is 58.5 Å². The van der Waals surface area contributed by atoms with E-state index in [0.717, 1.165) is 16.7 Å². The van der Waals surface area contributed by atoms with Crippen molar-refractivity contribution in [1.82, 2.24) is 10.2 Å². The molecule has 1 saturated heterocycles. The van der Waals surface area contributed by atoms with Crippen LogP contribution in [-0.4, -0.2) is 55.4 Å². The Hall–Kier alpha value is -3.46. The average molecular weight is 471 g/mol. The topological polar surface area (TPSA) is 94.2 Å². The zero-order valence-corrected chi connectivity index (χ0v) is 19.6. The molecule has 0 spiro atoms. The second-order valence-corrected chi connectivity index (χ2v) is 7.85. The Morgan fingerprint density at radius 2 is 1.76 bits per heavy atom. The Kier molecular flexibility index (Phi) is 8.37. The molecule has 33 heavy (non-hydrogen) atoms. The minimum Gasteiger partial charge on any atom is -0.493 e. The predicted molar refractivity (Wildman–Crippen MR) is 127 cm³/mol. The highest BCUT2D eigenvalue weighted by Gasteiger charge is 2.34. The number of thioether (sulfide) groups is 1. The Bertz CT molecular complexity index is 1070. The van der Waals surface area contributed by atoms with Crippen LogP contribution in [0.5, 0.6) is 17.2 Å². The van der Waals surface area contributed by atoms with E-state index in [0.29, 0.717) is 46.5 Å². The van der Waals surface area contributed by atoms with Crippen molar-refractivity contribution in [3.63, 3.8) is 0 Å². The van der Waals surface area contributed by atoms with Gasteiger partial charge >= 0.3 is 0 Å². The first-order valence-corrected chi connectivity index (χ1v) is 11.4. The molecule has 0 atom stereocenters. The maximum atomic E-state index is 12.8. The van der Waals surface area contributed by atoms with Gasteiger partial charge in [-0.15, -0.1) is 0 Å². The molecule has 0 unspecified atom stereocenters. The van der Waals surface area contributed by atoms with E-state index in [9.17, 15) is 14.4 Å². The molecule has 2 aromatic carbocycles. The summed E-state index contributed by atoms with van der Waals surface area (Å²) in [7, 11) is 1.54. The van der Waals surface area contributed by atoms with Crippen molar-refractivity contribution >= 4 is 34.9 Å². The number of rotatable bonds is 10. The highest BCUT2D eigenvalue weighted by molar-refractivity contribution is 8.18. The lowest BCUT2D eigenvalue weighted by molar-refractivity contribution is -0.122. The largest absolute Gasteiger partial charge is 0.493 e. The number of ether oxygens (including phenoxy) is 3. The fourth-order valence-corrected chi connectivity index (χ4v) is 4.07. The van der Waals surface area contributed by atoms with E-state index in [1.54, 1.807) is 48.5 Å². The monoisotopic (exact) mass is 470 g/mol. The van der Waals surface area contributed by atoms with Crippen molar-refractivity contribution in [2.24, 2.45) is 0 Å². The molecule has 0 saturated carbocycles. The summed E-state index contributed by atoms with van der Waals surface area (Å²) in [5.74, 6) is 0.897. The van der Waals surface area contributed by atoms with Gasteiger partial charge in [-0.05, 0) is 61.5 Å². The number of para-hydroxylation sites is 1. The second-order valence-electron chi connectivity index (χ2n) is 6.86. The standard InChI is InChI=1S/C24H26N2O6S/c1-4-31-18-9-7-6-8-17(18)22(27)25-12-13-26-23(28)21(33-24(26)29)15-16-10-11-19(32-5-2)20(14-16)30-3/h6-11,14-15H,4-5,12-13H2,1-3H3,(H,25,27)/b21-15-. The van der Waals surface area contributed by atoms with Gasteiger partial charge < -0.3 is 19.5 Å². The summed E-state index contributed by atoms with van der Waals surface area (Å²) in [6.07, 6.45) is 1.64. The van der Waals surface area contributed by atoms with Gasteiger partial charge in [0.05, 0.1) is 30.8 Å². The van der Waals surface area contributed by atoms with Gasteiger partial charge in [0.1, 0.15) is 5.75 Å². The molecule has 0 radical (unpaired) electrons. The quantitative estimate of drug-likeness (QED) is 0.525. The average Bonchev–Trinajstić information content (AvgIpc) is 3.08. The molecule has 2 aromatic rings. The molecule has 3 amide bonds. The first-order chi connectivity index (χ1) is 16.0. The molecule has 1 aliphatic rings. The van der Waals surface area contributed by atoms with Crippen LogP contribution in [0.15, 0.2) is 47.4 Å². The molecular formula is C24H26N2O6S. The third-order valence-electron chi connectivity index (χ3n) is 4.71. The summed E-state index contributed by atoms with van der Waals surface area (Å²) in [5.41, 5.74) is 1.11. The van der Waals surface area contributed by atoms with Crippen LogP contribution in [0.4, 0.5) is 4.79 Å². The van der Waals surface area contributed by atoms with Crippen LogP contribution in [0.2, 0.25) is 0 Å². The van der Waals surface area contributed by atoms with Crippen LogP contribution in [-0.2, 0) is 4.79 Å². The summed E-state index contributed by atoms with van der Waals surface area (Å²) in [6.45, 7) is 4.85. The lowest BCUT2D eigenvalue weighted by Crippen LogP contribution is -2.37. The van der Waals surface area contributed by atoms with E-state index < -0.39 is 5.91 Å². The molecule has 0 aromatic heterocycles. The molecule has 9 heteroatoms. The van der Waals surface area contributed by atoms with Gasteiger partial charge in [-0.25, -0.2) is 0 Å². The van der Waals surface area contributed by atoms with E-state index in [1.807, 2.05) is 13.8 Å². The first kappa shape index (κ1) is 24.2. The molecule has 0 bridgehead atoms. The second kappa shape index (κ2) is 11.4. The van der Waals surface area contributed by atoms with Gasteiger partial charge in [0, 0.05) is 13.1 Å². The van der Waals surface area contributed by atoms with E-state index >= 15 is 0 Å². The number of nitrogens with zero attached hydrogens (tertiary/aromatic N) is 1. The third-order valence-corrected chi connectivity index (χ3v) is 5.62. The Labute approximate surface area is 196 Å². The van der Waals surface area contributed by atoms with Crippen LogP contribution in [0.3, 0.4) is 0 Å². The van der Waals surface area contributed by atoms with Gasteiger partial charge in [-0.1, -0.05) is 18.2 Å². The number of hydrogen-bond donors (Lipinski definition) is 1. The number of hydrogen-bond acceptors (Lipinski definition) is 7. The zero-order valence-electron chi connectivity index (χ0n) is 18.8. The predicted octanol–water partition coefficient (Wildman–Crippen LogP) is 3.96. The number of carbonyl (C=O) groups is 3. The summed E-state index contributed by atoms with van der Waals surface area (Å²) < 4.78 is 16.3. The number of imide groups is 1. The van der Waals surface area contributed by atoms with Gasteiger partial charge in [-0.2, -0.15) is 0 Å². The first-order valence-electron chi connectivity index (χ1n) is 10.5. The highest BCUT2D eigenvalue weighted by Crippen LogP contribution is 2.34. The fraction of sp³-hybridized carbons (Fsp3) is 0.292. The Morgan fingerprint density at radius 3 is 2.48 bits per heavy atom. The van der Waals surface area contributed by atoms with E-state index in [4.69, 9.17) is 14.2 Å². The van der Waals surface area contributed by atoms with Gasteiger partial charge in [0.2, 0.25) is 0 Å².